The van der Waals surface area contributed by atoms with Crippen molar-refractivity contribution in [2.45, 2.75) is 218 Å². The van der Waals surface area contributed by atoms with Gasteiger partial charge in [-0.3, -0.25) is 4.79 Å². The average Bonchev–Trinajstić information content (AvgIpc) is 3.16. The van der Waals surface area contributed by atoms with Crippen LogP contribution in [0.5, 0.6) is 0 Å². The lowest BCUT2D eigenvalue weighted by molar-refractivity contribution is -0.230. The molecule has 0 rings (SSSR count). The Bertz CT molecular complexity index is 941. The van der Waals surface area contributed by atoms with Crippen LogP contribution in [0.3, 0.4) is 0 Å². The molecule has 7 N–H and O–H groups in total. The van der Waals surface area contributed by atoms with Crippen molar-refractivity contribution in [1.29, 1.82) is 0 Å². The van der Waals surface area contributed by atoms with Gasteiger partial charge in [-0.05, 0) is 52.4 Å². The van der Waals surface area contributed by atoms with E-state index in [4.69, 9.17) is 9.47 Å². The number of nitrogens with one attached hydrogen (secondary N) is 1. The first-order valence-electron chi connectivity index (χ1n) is 21.6. The first-order chi connectivity index (χ1) is 26.1. The molecule has 0 aliphatic carbocycles. The Hall–Kier alpha value is -1.63. The van der Waals surface area contributed by atoms with Gasteiger partial charge in [0.25, 0.3) is 5.91 Å². The van der Waals surface area contributed by atoms with Crippen LogP contribution in [0.1, 0.15) is 175 Å². The van der Waals surface area contributed by atoms with Gasteiger partial charge in [-0.15, -0.1) is 0 Å². The third-order valence-corrected chi connectivity index (χ3v) is 9.82. The number of amides is 1. The molecule has 10 nitrogen and oxygen atoms in total. The Labute approximate surface area is 329 Å². The molecule has 0 aromatic rings. The van der Waals surface area contributed by atoms with E-state index < -0.39 is 48.8 Å². The summed E-state index contributed by atoms with van der Waals surface area (Å²) >= 11 is 0. The highest BCUT2D eigenvalue weighted by Crippen LogP contribution is 2.16. The highest BCUT2D eigenvalue weighted by Gasteiger charge is 2.32. The van der Waals surface area contributed by atoms with Gasteiger partial charge >= 0.3 is 0 Å². The number of hydrogen-bond donors (Lipinski definition) is 7. The van der Waals surface area contributed by atoms with Gasteiger partial charge in [0.2, 0.25) is 0 Å². The lowest BCUT2D eigenvalue weighted by Crippen LogP contribution is -2.51. The lowest BCUT2D eigenvalue weighted by atomic mass is 10.0. The normalized spacial score (nSPS) is 16.4. The zero-order valence-corrected chi connectivity index (χ0v) is 34.7. The molecule has 0 spiro atoms. The summed E-state index contributed by atoms with van der Waals surface area (Å²) in [5, 5.41) is 64.0. The maximum absolute atomic E-state index is 13.0. The van der Waals surface area contributed by atoms with E-state index in [-0.39, 0.29) is 19.8 Å². The van der Waals surface area contributed by atoms with Gasteiger partial charge in [0, 0.05) is 0 Å². The third-order valence-electron chi connectivity index (χ3n) is 9.82. The summed E-state index contributed by atoms with van der Waals surface area (Å²) in [6.07, 6.45) is 27.5. The molecule has 0 saturated heterocycles. The third kappa shape index (κ3) is 29.6. The monoisotopic (exact) mass is 770 g/mol. The minimum Gasteiger partial charge on any atom is -0.394 e. The zero-order valence-electron chi connectivity index (χ0n) is 34.7. The van der Waals surface area contributed by atoms with E-state index in [1.165, 1.54) is 128 Å². The Morgan fingerprint density at radius 2 is 1.17 bits per heavy atom. The summed E-state index contributed by atoms with van der Waals surface area (Å²) in [5.74, 6) is -0.719. The summed E-state index contributed by atoms with van der Waals surface area (Å²) in [4.78, 5) is 13.0. The van der Waals surface area contributed by atoms with E-state index in [0.29, 0.717) is 6.42 Å². The standard InChI is InChI=1S/C44H83NO9/c1-5-7-9-11-13-14-15-16-17-18-19-21-23-27-32-40(49)43(52)45-38(35-54-44(53-34-33-46)42(51)41(50)37(4)47)39(48)31-28-24-26-30-36(3)29-25-22-20-12-10-8-6-2/h27-28,30-32,37-42,44,46-51H,5-26,29,33-35H2,1-4H3,(H,45,52)/b31-28+,32-27+,36-30+/t37-,38?,39?,40?,41?,42?,44+/m1/s1. The molecule has 0 heterocycles. The highest BCUT2D eigenvalue weighted by molar-refractivity contribution is 5.82. The van der Waals surface area contributed by atoms with Crippen molar-refractivity contribution in [2.24, 2.45) is 0 Å². The van der Waals surface area contributed by atoms with Crippen LogP contribution in [0.15, 0.2) is 36.0 Å². The number of unbranched alkanes of at least 4 members (excludes halogenated alkanes) is 19. The van der Waals surface area contributed by atoms with Gasteiger partial charge in [-0.25, -0.2) is 0 Å². The minimum absolute atomic E-state index is 0.220. The van der Waals surface area contributed by atoms with Crippen LogP contribution in [-0.4, -0.2) is 99.2 Å². The van der Waals surface area contributed by atoms with E-state index in [9.17, 15) is 35.4 Å². The van der Waals surface area contributed by atoms with Crippen LogP contribution in [0.4, 0.5) is 0 Å². The molecular formula is C44H83NO9. The number of allylic oxidation sites excluding steroid dienone is 4. The predicted octanol–water partition coefficient (Wildman–Crippen LogP) is 7.72. The van der Waals surface area contributed by atoms with Crippen molar-refractivity contribution >= 4 is 5.91 Å². The second-order valence-electron chi connectivity index (χ2n) is 15.1. The smallest absolute Gasteiger partial charge is 0.253 e. The topological polar surface area (TPSA) is 169 Å². The summed E-state index contributed by atoms with van der Waals surface area (Å²) < 4.78 is 11.0. The van der Waals surface area contributed by atoms with Crippen LogP contribution >= 0.6 is 0 Å². The van der Waals surface area contributed by atoms with Crippen molar-refractivity contribution < 1.29 is 44.9 Å². The van der Waals surface area contributed by atoms with Crippen molar-refractivity contribution in [2.75, 3.05) is 19.8 Å². The van der Waals surface area contributed by atoms with Crippen LogP contribution in [0.2, 0.25) is 0 Å². The van der Waals surface area contributed by atoms with Gasteiger partial charge < -0.3 is 45.4 Å². The van der Waals surface area contributed by atoms with E-state index >= 15 is 0 Å². The van der Waals surface area contributed by atoms with Crippen LogP contribution < -0.4 is 5.32 Å². The molecule has 5 unspecified atom stereocenters. The van der Waals surface area contributed by atoms with Crippen molar-refractivity contribution in [3.05, 3.63) is 36.0 Å². The molecule has 318 valence electrons. The summed E-state index contributed by atoms with van der Waals surface area (Å²) in [6.45, 7) is 6.96. The lowest BCUT2D eigenvalue weighted by Gasteiger charge is -2.30. The average molecular weight is 770 g/mol. The first-order valence-corrected chi connectivity index (χ1v) is 21.6. The molecule has 10 heteroatoms. The second-order valence-corrected chi connectivity index (χ2v) is 15.1. The van der Waals surface area contributed by atoms with Crippen molar-refractivity contribution in [1.82, 2.24) is 5.32 Å². The molecule has 0 saturated carbocycles. The molecule has 0 fully saturated rings. The highest BCUT2D eigenvalue weighted by atomic mass is 16.7. The van der Waals surface area contributed by atoms with Gasteiger partial charge in [0.1, 0.15) is 12.2 Å². The van der Waals surface area contributed by atoms with E-state index in [1.807, 2.05) is 6.08 Å². The minimum atomic E-state index is -1.68. The number of aliphatic hydroxyl groups excluding tert-OH is 6. The molecule has 54 heavy (non-hydrogen) atoms. The maximum Gasteiger partial charge on any atom is 0.253 e. The largest absolute Gasteiger partial charge is 0.394 e. The van der Waals surface area contributed by atoms with Crippen LogP contribution in [-0.2, 0) is 14.3 Å². The molecule has 0 aliphatic heterocycles. The number of hydrogen-bond acceptors (Lipinski definition) is 9. The first kappa shape index (κ1) is 52.4. The van der Waals surface area contributed by atoms with Crippen LogP contribution in [0, 0.1) is 0 Å². The Morgan fingerprint density at radius 1 is 0.648 bits per heavy atom. The molecule has 0 aromatic carbocycles. The SMILES string of the molecule is CCCCCCCCCCCCCC/C=C/C(O)C(=O)NC(CO[C@H](OCCO)C(O)C(O)[C@@H](C)O)C(O)/C=C/CC/C=C(\C)CCCCCCCCC. The molecule has 0 aliphatic rings. The molecule has 0 aromatic heterocycles. The Kier molecular flexibility index (Phi) is 35.9. The maximum atomic E-state index is 13.0. The fraction of sp³-hybridized carbons (Fsp3) is 0.841. The quantitative estimate of drug-likeness (QED) is 0.0189. The number of carbonyl (C=O) groups excluding carboxylic acids is 1. The summed E-state index contributed by atoms with van der Waals surface area (Å²) in [7, 11) is 0. The number of aliphatic hydroxyl groups is 6. The fourth-order valence-electron chi connectivity index (χ4n) is 6.23. The predicted molar refractivity (Wildman–Crippen MR) is 220 cm³/mol. The van der Waals surface area contributed by atoms with Crippen molar-refractivity contribution in [3.8, 4) is 0 Å². The number of ether oxygens (including phenoxy) is 2. The van der Waals surface area contributed by atoms with E-state index in [1.54, 1.807) is 12.2 Å². The molecule has 1 amide bonds. The number of rotatable bonds is 38. The Balaban J connectivity index is 5.06. The van der Waals surface area contributed by atoms with E-state index in [0.717, 1.165) is 32.1 Å². The molecule has 0 radical (unpaired) electrons. The second kappa shape index (κ2) is 37.0. The van der Waals surface area contributed by atoms with Crippen LogP contribution in [0.25, 0.3) is 0 Å². The summed E-state index contributed by atoms with van der Waals surface area (Å²) in [5.41, 5.74) is 1.35. The fourth-order valence-corrected chi connectivity index (χ4v) is 6.23. The van der Waals surface area contributed by atoms with E-state index in [2.05, 4.69) is 32.2 Å². The van der Waals surface area contributed by atoms with Gasteiger partial charge in [0.15, 0.2) is 12.4 Å². The molecule has 7 atom stereocenters. The Morgan fingerprint density at radius 3 is 1.70 bits per heavy atom. The van der Waals surface area contributed by atoms with Gasteiger partial charge in [-0.2, -0.15) is 0 Å². The summed E-state index contributed by atoms with van der Waals surface area (Å²) in [6, 6.07) is -1.04. The molecule has 0 bridgehead atoms. The molecular weight excluding hydrogens is 686 g/mol. The number of carbonyl (C=O) groups is 1. The zero-order chi connectivity index (χ0) is 40.2. The van der Waals surface area contributed by atoms with Gasteiger partial charge in [-0.1, -0.05) is 159 Å². The van der Waals surface area contributed by atoms with Crippen molar-refractivity contribution in [3.63, 3.8) is 0 Å². The van der Waals surface area contributed by atoms with Gasteiger partial charge in [0.05, 0.1) is 38.1 Å².